The number of amides is 1. The zero-order chi connectivity index (χ0) is 15.1. The molecule has 1 aromatic carbocycles. The van der Waals surface area contributed by atoms with Crippen LogP contribution in [0.1, 0.15) is 42.6 Å². The lowest BCUT2D eigenvalue weighted by molar-refractivity contribution is 0.102. The van der Waals surface area contributed by atoms with Crippen molar-refractivity contribution in [2.24, 2.45) is 0 Å². The summed E-state index contributed by atoms with van der Waals surface area (Å²) in [6.45, 7) is 4.24. The number of hydrogen-bond acceptors (Lipinski definition) is 5. The maximum atomic E-state index is 12.1. The lowest BCUT2D eigenvalue weighted by Gasteiger charge is -2.03. The molecule has 1 heterocycles. The number of unbranched alkanes of at least 4 members (excludes halogenated alkanes) is 1. The summed E-state index contributed by atoms with van der Waals surface area (Å²) in [4.78, 5) is 12.1. The number of nitrogens with zero attached hydrogens (tertiary/aromatic N) is 2. The van der Waals surface area contributed by atoms with Crippen LogP contribution in [0.3, 0.4) is 0 Å². The van der Waals surface area contributed by atoms with E-state index in [1.165, 1.54) is 29.7 Å². The summed E-state index contributed by atoms with van der Waals surface area (Å²) in [5, 5.41) is 11.3. The highest BCUT2D eigenvalue weighted by Gasteiger charge is 2.10. The SMILES string of the molecule is CCCCc1ccc(C(=O)Nc2nnc(SCC)s2)cc1. The van der Waals surface area contributed by atoms with E-state index in [-0.39, 0.29) is 5.91 Å². The molecule has 0 saturated heterocycles. The third-order valence-electron chi connectivity index (χ3n) is 2.93. The summed E-state index contributed by atoms with van der Waals surface area (Å²) in [6.07, 6.45) is 3.41. The van der Waals surface area contributed by atoms with Gasteiger partial charge in [-0.25, -0.2) is 0 Å². The molecule has 0 radical (unpaired) electrons. The molecule has 0 unspecified atom stereocenters. The maximum Gasteiger partial charge on any atom is 0.257 e. The van der Waals surface area contributed by atoms with Gasteiger partial charge in [0, 0.05) is 5.56 Å². The summed E-state index contributed by atoms with van der Waals surface area (Å²) in [5.41, 5.74) is 1.92. The monoisotopic (exact) mass is 321 g/mol. The summed E-state index contributed by atoms with van der Waals surface area (Å²) < 4.78 is 0.878. The van der Waals surface area contributed by atoms with Crippen molar-refractivity contribution >= 4 is 34.1 Å². The molecule has 0 aliphatic heterocycles. The minimum absolute atomic E-state index is 0.138. The van der Waals surface area contributed by atoms with Crippen LogP contribution in [-0.4, -0.2) is 21.9 Å². The molecule has 0 aliphatic carbocycles. The molecule has 2 rings (SSSR count). The van der Waals surface area contributed by atoms with E-state index in [0.717, 1.165) is 16.5 Å². The first kappa shape index (κ1) is 16.0. The van der Waals surface area contributed by atoms with Gasteiger partial charge in [0.2, 0.25) is 5.13 Å². The maximum absolute atomic E-state index is 12.1. The fourth-order valence-electron chi connectivity index (χ4n) is 1.82. The van der Waals surface area contributed by atoms with Gasteiger partial charge in [-0.2, -0.15) is 0 Å². The van der Waals surface area contributed by atoms with Gasteiger partial charge in [0.25, 0.3) is 5.91 Å². The average molecular weight is 321 g/mol. The number of aryl methyl sites for hydroxylation is 1. The number of carbonyl (C=O) groups is 1. The van der Waals surface area contributed by atoms with Crippen molar-refractivity contribution in [1.82, 2.24) is 10.2 Å². The van der Waals surface area contributed by atoms with Gasteiger partial charge < -0.3 is 0 Å². The summed E-state index contributed by atoms with van der Waals surface area (Å²) >= 11 is 3.03. The largest absolute Gasteiger partial charge is 0.296 e. The van der Waals surface area contributed by atoms with Crippen molar-refractivity contribution in [2.45, 2.75) is 37.4 Å². The van der Waals surface area contributed by atoms with Crippen LogP contribution in [0.4, 0.5) is 5.13 Å². The molecule has 0 spiro atoms. The molecule has 21 heavy (non-hydrogen) atoms. The quantitative estimate of drug-likeness (QED) is 0.612. The Kier molecular flexibility index (Phi) is 6.20. The normalized spacial score (nSPS) is 10.6. The Bertz CT molecular complexity index is 581. The van der Waals surface area contributed by atoms with Crippen LogP contribution in [0.5, 0.6) is 0 Å². The molecule has 4 nitrogen and oxygen atoms in total. The minimum Gasteiger partial charge on any atom is -0.296 e. The van der Waals surface area contributed by atoms with E-state index in [1.54, 1.807) is 11.8 Å². The lowest BCUT2D eigenvalue weighted by Crippen LogP contribution is -2.11. The van der Waals surface area contributed by atoms with Gasteiger partial charge in [0.15, 0.2) is 4.34 Å². The van der Waals surface area contributed by atoms with Crippen LogP contribution in [0.15, 0.2) is 28.6 Å². The predicted octanol–water partition coefficient (Wildman–Crippen LogP) is 4.25. The van der Waals surface area contributed by atoms with Crippen molar-refractivity contribution in [3.8, 4) is 0 Å². The second kappa shape index (κ2) is 8.14. The Morgan fingerprint density at radius 1 is 1.24 bits per heavy atom. The molecule has 112 valence electrons. The Morgan fingerprint density at radius 3 is 2.67 bits per heavy atom. The van der Waals surface area contributed by atoms with Gasteiger partial charge in [0.05, 0.1) is 0 Å². The van der Waals surface area contributed by atoms with Crippen molar-refractivity contribution in [3.63, 3.8) is 0 Å². The van der Waals surface area contributed by atoms with E-state index in [1.807, 2.05) is 24.3 Å². The molecule has 0 atom stereocenters. The highest BCUT2D eigenvalue weighted by atomic mass is 32.2. The Labute approximate surface area is 133 Å². The van der Waals surface area contributed by atoms with Gasteiger partial charge in [-0.05, 0) is 36.3 Å². The van der Waals surface area contributed by atoms with Crippen molar-refractivity contribution in [3.05, 3.63) is 35.4 Å². The molecule has 2 aromatic rings. The van der Waals surface area contributed by atoms with Crippen LogP contribution >= 0.6 is 23.1 Å². The number of anilines is 1. The molecular weight excluding hydrogens is 302 g/mol. The van der Waals surface area contributed by atoms with Crippen LogP contribution in [-0.2, 0) is 6.42 Å². The predicted molar refractivity (Wildman–Crippen MR) is 89.3 cm³/mol. The van der Waals surface area contributed by atoms with E-state index >= 15 is 0 Å². The van der Waals surface area contributed by atoms with Crippen LogP contribution < -0.4 is 5.32 Å². The molecule has 0 saturated carbocycles. The minimum atomic E-state index is -0.138. The van der Waals surface area contributed by atoms with Gasteiger partial charge in [-0.15, -0.1) is 10.2 Å². The second-order valence-corrected chi connectivity index (χ2v) is 7.05. The number of aromatic nitrogens is 2. The third-order valence-corrected chi connectivity index (χ3v) is 4.78. The van der Waals surface area contributed by atoms with E-state index < -0.39 is 0 Å². The molecule has 0 fully saturated rings. The summed E-state index contributed by atoms with van der Waals surface area (Å²) in [7, 11) is 0. The Morgan fingerprint density at radius 2 is 2.00 bits per heavy atom. The van der Waals surface area contributed by atoms with E-state index in [0.29, 0.717) is 10.7 Å². The zero-order valence-corrected chi connectivity index (χ0v) is 13.9. The van der Waals surface area contributed by atoms with Gasteiger partial charge in [0.1, 0.15) is 0 Å². The molecule has 6 heteroatoms. The van der Waals surface area contributed by atoms with Crippen molar-refractivity contribution in [2.75, 3.05) is 11.1 Å². The average Bonchev–Trinajstić information content (AvgIpc) is 2.93. The second-order valence-electron chi connectivity index (χ2n) is 4.56. The van der Waals surface area contributed by atoms with Gasteiger partial charge in [-0.3, -0.25) is 10.1 Å². The number of hydrogen-bond donors (Lipinski definition) is 1. The first-order valence-electron chi connectivity index (χ1n) is 7.09. The molecular formula is C15H19N3OS2. The van der Waals surface area contributed by atoms with E-state index in [4.69, 9.17) is 0 Å². The number of carbonyl (C=O) groups excluding carboxylic acids is 1. The molecule has 1 aromatic heterocycles. The number of nitrogens with one attached hydrogen (secondary N) is 1. The third kappa shape index (κ3) is 4.82. The fraction of sp³-hybridized carbons (Fsp3) is 0.400. The number of rotatable bonds is 7. The lowest BCUT2D eigenvalue weighted by atomic mass is 10.1. The summed E-state index contributed by atoms with van der Waals surface area (Å²) in [6, 6.07) is 7.76. The first-order chi connectivity index (χ1) is 10.2. The Balaban J connectivity index is 1.95. The zero-order valence-electron chi connectivity index (χ0n) is 12.3. The molecule has 0 aliphatic rings. The summed E-state index contributed by atoms with van der Waals surface area (Å²) in [5.74, 6) is 0.808. The Hall–Kier alpha value is -1.40. The number of benzene rings is 1. The molecule has 1 amide bonds. The fourth-order valence-corrected chi connectivity index (χ4v) is 3.46. The standard InChI is InChI=1S/C15H19N3OS2/c1-3-5-6-11-7-9-12(10-8-11)13(19)16-14-17-18-15(21-14)20-4-2/h7-10H,3-6H2,1-2H3,(H,16,17,19). The van der Waals surface area contributed by atoms with Gasteiger partial charge in [-0.1, -0.05) is 55.5 Å². The van der Waals surface area contributed by atoms with Crippen LogP contribution in [0.2, 0.25) is 0 Å². The smallest absolute Gasteiger partial charge is 0.257 e. The van der Waals surface area contributed by atoms with Crippen molar-refractivity contribution < 1.29 is 4.79 Å². The van der Waals surface area contributed by atoms with E-state index in [2.05, 4.69) is 29.4 Å². The van der Waals surface area contributed by atoms with Gasteiger partial charge >= 0.3 is 0 Å². The number of thioether (sulfide) groups is 1. The first-order valence-corrected chi connectivity index (χ1v) is 8.89. The highest BCUT2D eigenvalue weighted by molar-refractivity contribution is 8.01. The van der Waals surface area contributed by atoms with Crippen molar-refractivity contribution in [1.29, 1.82) is 0 Å². The molecule has 1 N–H and O–H groups in total. The van der Waals surface area contributed by atoms with Crippen LogP contribution in [0.25, 0.3) is 0 Å². The van der Waals surface area contributed by atoms with Crippen LogP contribution in [0, 0.1) is 0 Å². The molecule has 0 bridgehead atoms. The van der Waals surface area contributed by atoms with E-state index in [9.17, 15) is 4.79 Å². The topological polar surface area (TPSA) is 54.9 Å². The highest BCUT2D eigenvalue weighted by Crippen LogP contribution is 2.25.